The summed E-state index contributed by atoms with van der Waals surface area (Å²) in [5.41, 5.74) is 11.2. The molecule has 3 atom stereocenters. The van der Waals surface area contributed by atoms with E-state index in [1.165, 1.54) is 6.26 Å². The first-order valence-electron chi connectivity index (χ1n) is 13.6. The predicted molar refractivity (Wildman–Crippen MR) is 155 cm³/mol. The van der Waals surface area contributed by atoms with Gasteiger partial charge in [-0.15, -0.1) is 0 Å². The molecule has 10 nitrogen and oxygen atoms in total. The number of aromatic nitrogens is 5. The van der Waals surface area contributed by atoms with Gasteiger partial charge in [0.2, 0.25) is 0 Å². The van der Waals surface area contributed by atoms with E-state index >= 15 is 0 Å². The number of benzene rings is 1. The van der Waals surface area contributed by atoms with E-state index in [-0.39, 0.29) is 34.6 Å². The van der Waals surface area contributed by atoms with E-state index in [2.05, 4.69) is 15.0 Å². The number of nitrogens with zero attached hydrogens (tertiary/aromatic N) is 5. The van der Waals surface area contributed by atoms with Gasteiger partial charge in [-0.1, -0.05) is 36.4 Å². The van der Waals surface area contributed by atoms with Gasteiger partial charge >= 0.3 is 0 Å². The molecule has 1 amide bonds. The molecule has 1 unspecified atom stereocenters. The highest BCUT2D eigenvalue weighted by Crippen LogP contribution is 2.45. The quantitative estimate of drug-likeness (QED) is 0.322. The molecule has 41 heavy (non-hydrogen) atoms. The van der Waals surface area contributed by atoms with Crippen molar-refractivity contribution in [2.75, 3.05) is 12.0 Å². The summed E-state index contributed by atoms with van der Waals surface area (Å²) in [6.45, 7) is 0. The standard InChI is InChI=1S/C30H29N7O3S/c1-41(39,40)26-25(20-15-21-8-9-22(16-20)37(21)30(38)28-32-12-13-33-28)35-29-23(11-14-36(29)27(26)31)19-7-10-24(34-17-19)18-5-3-2-4-6-18/h2-7,10-14,17,20-22H,8-9,15-16,31H2,1H3,(H,32,33)/t20?,21-,22+. The summed E-state index contributed by atoms with van der Waals surface area (Å²) in [6.07, 6.45) is 10.9. The lowest BCUT2D eigenvalue weighted by molar-refractivity contribution is 0.0556. The van der Waals surface area contributed by atoms with Crippen molar-refractivity contribution in [3.63, 3.8) is 0 Å². The zero-order chi connectivity index (χ0) is 28.3. The van der Waals surface area contributed by atoms with Crippen molar-refractivity contribution in [3.8, 4) is 22.4 Å². The number of fused-ring (bicyclic) bond motifs is 3. The minimum absolute atomic E-state index is 0.0241. The Labute approximate surface area is 237 Å². The summed E-state index contributed by atoms with van der Waals surface area (Å²) in [4.78, 5) is 31.9. The predicted octanol–water partition coefficient (Wildman–Crippen LogP) is 4.32. The number of rotatable bonds is 5. The minimum Gasteiger partial charge on any atom is -0.384 e. The van der Waals surface area contributed by atoms with Crippen LogP contribution in [0.15, 0.2) is 78.2 Å². The monoisotopic (exact) mass is 567 g/mol. The molecule has 208 valence electrons. The molecule has 7 rings (SSSR count). The van der Waals surface area contributed by atoms with Crippen LogP contribution in [0, 0.1) is 0 Å². The zero-order valence-electron chi connectivity index (χ0n) is 22.4. The summed E-state index contributed by atoms with van der Waals surface area (Å²) in [5.74, 6) is 0.193. The van der Waals surface area contributed by atoms with Crippen LogP contribution in [0.5, 0.6) is 0 Å². The number of amides is 1. The van der Waals surface area contributed by atoms with Crippen LogP contribution in [-0.2, 0) is 9.84 Å². The first kappa shape index (κ1) is 25.5. The maximum absolute atomic E-state index is 13.2. The Hall–Kier alpha value is -4.51. The number of H-pyrrole nitrogens is 1. The fraction of sp³-hybridized carbons (Fsp3) is 0.267. The maximum atomic E-state index is 13.2. The van der Waals surface area contributed by atoms with Crippen LogP contribution < -0.4 is 5.73 Å². The van der Waals surface area contributed by atoms with E-state index in [9.17, 15) is 13.2 Å². The molecule has 1 aromatic carbocycles. The fourth-order valence-corrected chi connectivity index (χ4v) is 7.66. The molecule has 0 saturated carbocycles. The molecular weight excluding hydrogens is 538 g/mol. The molecule has 2 aliphatic rings. The largest absolute Gasteiger partial charge is 0.384 e. The van der Waals surface area contributed by atoms with Crippen molar-refractivity contribution < 1.29 is 13.2 Å². The van der Waals surface area contributed by atoms with E-state index in [4.69, 9.17) is 10.7 Å². The number of imidazole rings is 1. The number of aromatic amines is 1. The molecule has 0 spiro atoms. The summed E-state index contributed by atoms with van der Waals surface area (Å²) < 4.78 is 27.8. The number of sulfone groups is 1. The molecule has 0 radical (unpaired) electrons. The van der Waals surface area contributed by atoms with Crippen LogP contribution in [0.1, 0.15) is 47.9 Å². The van der Waals surface area contributed by atoms with Crippen LogP contribution >= 0.6 is 0 Å². The van der Waals surface area contributed by atoms with E-state index < -0.39 is 9.84 Å². The van der Waals surface area contributed by atoms with Gasteiger partial charge in [-0.2, -0.15) is 0 Å². The molecule has 5 aromatic rings. The summed E-state index contributed by atoms with van der Waals surface area (Å²) >= 11 is 0. The number of pyridine rings is 1. The normalized spacial score (nSPS) is 20.5. The van der Waals surface area contributed by atoms with Crippen LogP contribution in [0.3, 0.4) is 0 Å². The average molecular weight is 568 g/mol. The SMILES string of the molecule is CS(=O)(=O)c1c(C2C[C@H]3CC[C@@H](C2)N3C(=O)c2ncc[nH]2)nc2c(-c3ccc(-c4ccccc4)nc3)ccn2c1N. The van der Waals surface area contributed by atoms with Gasteiger partial charge in [0.05, 0.1) is 11.4 Å². The van der Waals surface area contributed by atoms with Crippen molar-refractivity contribution in [1.29, 1.82) is 0 Å². The zero-order valence-corrected chi connectivity index (χ0v) is 23.3. The van der Waals surface area contributed by atoms with E-state index in [0.717, 1.165) is 35.2 Å². The Kier molecular flexibility index (Phi) is 5.93. The van der Waals surface area contributed by atoms with Gasteiger partial charge in [0, 0.05) is 65.7 Å². The maximum Gasteiger partial charge on any atom is 0.290 e. The Bertz CT molecular complexity index is 1850. The smallest absolute Gasteiger partial charge is 0.290 e. The first-order valence-corrected chi connectivity index (χ1v) is 15.5. The van der Waals surface area contributed by atoms with Crippen LogP contribution in [0.25, 0.3) is 28.0 Å². The van der Waals surface area contributed by atoms with Crippen molar-refractivity contribution >= 4 is 27.2 Å². The lowest BCUT2D eigenvalue weighted by Gasteiger charge is -2.38. The summed E-state index contributed by atoms with van der Waals surface area (Å²) in [5, 5.41) is 0. The average Bonchev–Trinajstić information content (AvgIpc) is 3.71. The Morgan fingerprint density at radius 3 is 2.39 bits per heavy atom. The lowest BCUT2D eigenvalue weighted by atomic mass is 9.87. The van der Waals surface area contributed by atoms with Gasteiger partial charge in [-0.25, -0.2) is 18.4 Å². The third kappa shape index (κ3) is 4.28. The van der Waals surface area contributed by atoms with Crippen LogP contribution in [0.4, 0.5) is 5.82 Å². The number of anilines is 1. The summed E-state index contributed by atoms with van der Waals surface area (Å²) in [6, 6.07) is 15.7. The molecular formula is C30H29N7O3S. The molecule has 2 saturated heterocycles. The van der Waals surface area contributed by atoms with Crippen molar-refractivity contribution in [1.82, 2.24) is 29.2 Å². The molecule has 0 aliphatic carbocycles. The molecule has 3 N–H and O–H groups in total. The number of hydrogen-bond donors (Lipinski definition) is 2. The Balaban J connectivity index is 1.29. The van der Waals surface area contributed by atoms with Gasteiger partial charge in [0.1, 0.15) is 16.4 Å². The number of nitrogen functional groups attached to an aromatic ring is 1. The highest BCUT2D eigenvalue weighted by molar-refractivity contribution is 7.91. The second kappa shape index (κ2) is 9.55. The number of nitrogens with one attached hydrogen (secondary N) is 1. The Morgan fingerprint density at radius 1 is 1.00 bits per heavy atom. The molecule has 2 aliphatic heterocycles. The van der Waals surface area contributed by atoms with E-state index in [0.29, 0.717) is 30.0 Å². The topological polar surface area (TPSA) is 139 Å². The number of carbonyl (C=O) groups excluding carboxylic acids is 1. The van der Waals surface area contributed by atoms with Gasteiger partial charge in [-0.3, -0.25) is 14.2 Å². The van der Waals surface area contributed by atoms with Gasteiger partial charge in [0.25, 0.3) is 5.91 Å². The second-order valence-electron chi connectivity index (χ2n) is 10.9. The third-order valence-corrected chi connectivity index (χ3v) is 9.54. The van der Waals surface area contributed by atoms with Gasteiger partial charge in [0.15, 0.2) is 15.7 Å². The molecule has 2 fully saturated rings. The highest BCUT2D eigenvalue weighted by atomic mass is 32.2. The number of piperidine rings is 1. The summed E-state index contributed by atoms with van der Waals surface area (Å²) in [7, 11) is -3.69. The van der Waals surface area contributed by atoms with Crippen molar-refractivity contribution in [3.05, 3.63) is 84.8 Å². The highest BCUT2D eigenvalue weighted by Gasteiger charge is 2.46. The Morgan fingerprint density at radius 2 is 1.76 bits per heavy atom. The third-order valence-electron chi connectivity index (χ3n) is 8.38. The van der Waals surface area contributed by atoms with Crippen LogP contribution in [0.2, 0.25) is 0 Å². The van der Waals surface area contributed by atoms with E-state index in [1.807, 2.05) is 53.4 Å². The van der Waals surface area contributed by atoms with Gasteiger partial charge < -0.3 is 15.6 Å². The van der Waals surface area contributed by atoms with Crippen LogP contribution in [-0.4, -0.2) is 61.9 Å². The van der Waals surface area contributed by atoms with E-state index in [1.54, 1.807) is 29.2 Å². The minimum atomic E-state index is -3.69. The van der Waals surface area contributed by atoms with Crippen molar-refractivity contribution in [2.24, 2.45) is 0 Å². The lowest BCUT2D eigenvalue weighted by Crippen LogP contribution is -2.46. The first-order chi connectivity index (χ1) is 19.8. The number of hydrogen-bond acceptors (Lipinski definition) is 7. The molecule has 11 heteroatoms. The van der Waals surface area contributed by atoms with Gasteiger partial charge in [-0.05, 0) is 37.8 Å². The van der Waals surface area contributed by atoms with Crippen molar-refractivity contribution in [2.45, 2.75) is 48.6 Å². The second-order valence-corrected chi connectivity index (χ2v) is 12.9. The molecule has 6 heterocycles. The molecule has 2 bridgehead atoms. The molecule has 4 aromatic heterocycles. The number of carbonyl (C=O) groups is 1. The number of nitrogens with two attached hydrogens (primary N) is 1. The fourth-order valence-electron chi connectivity index (χ4n) is 6.59.